The molecule has 0 fully saturated rings. The van der Waals surface area contributed by atoms with Crippen LogP contribution in [0.2, 0.25) is 0 Å². The van der Waals surface area contributed by atoms with Crippen molar-refractivity contribution in [3.8, 4) is 17.0 Å². The molecule has 0 aliphatic carbocycles. The van der Waals surface area contributed by atoms with E-state index < -0.39 is 24.5 Å². The maximum Gasteiger partial charge on any atom is 0.398 e. The fraction of sp³-hybridized carbons (Fsp3) is 0.450. The Morgan fingerprint density at radius 2 is 1.73 bits per heavy atom. The standard InChI is InChI=1S/C17H16F4N2O.C2H6.CH5N.HOP/c1-9-8-24-16-12(9)6-14(13(7-22)17(19,20)21)23-15(16)10-2-4-11(18)5-3-10;3*1-2/h2-6,9,13H,7-8,22H2,1H3;1-2H3;2H2,1H3;2H. The molecule has 0 bridgehead atoms. The summed E-state index contributed by atoms with van der Waals surface area (Å²) in [7, 11) is 3.22. The highest BCUT2D eigenvalue weighted by Crippen LogP contribution is 2.43. The number of nitrogens with zero attached hydrogens (tertiary/aromatic N) is 1. The van der Waals surface area contributed by atoms with Crippen LogP contribution in [0.5, 0.6) is 5.75 Å². The van der Waals surface area contributed by atoms with E-state index in [0.717, 1.165) is 0 Å². The third-order valence-corrected chi connectivity index (χ3v) is 4.14. The van der Waals surface area contributed by atoms with Gasteiger partial charge in [0.2, 0.25) is 0 Å². The molecule has 0 saturated heterocycles. The van der Waals surface area contributed by atoms with E-state index in [1.54, 1.807) is 9.12 Å². The number of nitrogens with two attached hydrogens (primary N) is 2. The first-order chi connectivity index (χ1) is 14.3. The van der Waals surface area contributed by atoms with Crippen LogP contribution in [-0.4, -0.2) is 31.4 Å². The van der Waals surface area contributed by atoms with Crippen molar-refractivity contribution in [2.24, 2.45) is 11.5 Å². The molecule has 0 amide bonds. The number of aromatic nitrogens is 1. The summed E-state index contributed by atoms with van der Waals surface area (Å²) in [6.07, 6.45) is -4.49. The highest BCUT2D eigenvalue weighted by Gasteiger charge is 2.42. The van der Waals surface area contributed by atoms with Gasteiger partial charge in [-0.3, -0.25) is 4.57 Å². The highest BCUT2D eigenvalue weighted by molar-refractivity contribution is 7.00. The summed E-state index contributed by atoms with van der Waals surface area (Å²) in [4.78, 5) is 4.17. The van der Waals surface area contributed by atoms with Crippen LogP contribution in [0.4, 0.5) is 17.6 Å². The number of alkyl halides is 3. The van der Waals surface area contributed by atoms with Crippen LogP contribution < -0.4 is 16.2 Å². The molecule has 3 rings (SSSR count). The van der Waals surface area contributed by atoms with Crippen LogP contribution in [0.1, 0.15) is 43.9 Å². The van der Waals surface area contributed by atoms with Crippen LogP contribution in [0.15, 0.2) is 30.3 Å². The zero-order valence-corrected chi connectivity index (χ0v) is 18.4. The summed E-state index contributed by atoms with van der Waals surface area (Å²) < 4.78 is 66.5. The van der Waals surface area contributed by atoms with Crippen molar-refractivity contribution in [1.82, 2.24) is 4.98 Å². The van der Waals surface area contributed by atoms with E-state index in [4.69, 9.17) is 15.0 Å². The first-order valence-corrected chi connectivity index (χ1v) is 9.70. The average molecular weight is 449 g/mol. The summed E-state index contributed by atoms with van der Waals surface area (Å²) in [5.74, 6) is -1.88. The van der Waals surface area contributed by atoms with Gasteiger partial charge in [0.25, 0.3) is 0 Å². The largest absolute Gasteiger partial charge is 0.490 e. The Morgan fingerprint density at radius 3 is 2.20 bits per heavy atom. The van der Waals surface area contributed by atoms with E-state index >= 15 is 0 Å². The minimum absolute atomic E-state index is 0.0485. The van der Waals surface area contributed by atoms with E-state index in [1.807, 2.05) is 20.8 Å². The fourth-order valence-corrected chi connectivity index (χ4v) is 2.79. The molecule has 2 heterocycles. The van der Waals surface area contributed by atoms with Gasteiger partial charge >= 0.3 is 6.18 Å². The van der Waals surface area contributed by atoms with Crippen LogP contribution >= 0.6 is 9.12 Å². The number of rotatable bonds is 3. The summed E-state index contributed by atoms with van der Waals surface area (Å²) in [5, 5.41) is 0. The summed E-state index contributed by atoms with van der Waals surface area (Å²) in [5.41, 5.74) is 11.2. The van der Waals surface area contributed by atoms with Gasteiger partial charge in [-0.25, -0.2) is 9.37 Å². The Hall–Kier alpha value is -2.09. The molecule has 1 aromatic carbocycles. The van der Waals surface area contributed by atoms with E-state index in [2.05, 4.69) is 10.7 Å². The maximum atomic E-state index is 13.2. The van der Waals surface area contributed by atoms with Crippen molar-refractivity contribution >= 4 is 9.12 Å². The molecule has 168 valence electrons. The number of halogens is 4. The van der Waals surface area contributed by atoms with Gasteiger partial charge in [-0.1, -0.05) is 20.8 Å². The van der Waals surface area contributed by atoms with E-state index in [1.165, 1.54) is 37.4 Å². The number of hydrogen-bond donors (Lipinski definition) is 2. The molecule has 2 atom stereocenters. The Bertz CT molecular complexity index is 774. The van der Waals surface area contributed by atoms with Crippen LogP contribution in [0.25, 0.3) is 11.3 Å². The smallest absolute Gasteiger partial charge is 0.398 e. The van der Waals surface area contributed by atoms with E-state index in [-0.39, 0.29) is 17.3 Å². The molecular weight excluding hydrogens is 421 g/mol. The van der Waals surface area contributed by atoms with Crippen LogP contribution in [-0.2, 0) is 4.57 Å². The predicted octanol–water partition coefficient (Wildman–Crippen LogP) is 5.06. The SMILES string of the molecule is CC.CC1COc2c1cc(C(CN)C(F)(F)F)nc2-c1ccc(F)cc1.CN.O=P. The monoisotopic (exact) mass is 449 g/mol. The quantitative estimate of drug-likeness (QED) is 0.505. The Balaban J connectivity index is 0.00000129. The molecule has 30 heavy (non-hydrogen) atoms. The first-order valence-electron chi connectivity index (χ1n) is 9.29. The van der Waals surface area contributed by atoms with Crippen LogP contribution in [0.3, 0.4) is 0 Å². The van der Waals surface area contributed by atoms with Crippen molar-refractivity contribution < 1.29 is 26.9 Å². The molecule has 1 aromatic heterocycles. The topological polar surface area (TPSA) is 91.2 Å². The zero-order chi connectivity index (χ0) is 23.5. The Morgan fingerprint density at radius 1 is 1.20 bits per heavy atom. The second-order valence-corrected chi connectivity index (χ2v) is 5.86. The van der Waals surface area contributed by atoms with Gasteiger partial charge in [0.05, 0.1) is 12.3 Å². The lowest BCUT2D eigenvalue weighted by Gasteiger charge is -2.20. The second-order valence-electron chi connectivity index (χ2n) is 5.86. The van der Waals surface area contributed by atoms with Gasteiger partial charge < -0.3 is 16.2 Å². The molecule has 0 radical (unpaired) electrons. The summed E-state index contributed by atoms with van der Waals surface area (Å²) >= 11 is 0. The van der Waals surface area contributed by atoms with Gasteiger partial charge in [0.1, 0.15) is 32.3 Å². The number of benzene rings is 1. The Kier molecular flexibility index (Phi) is 12.3. The highest BCUT2D eigenvalue weighted by atomic mass is 31.0. The molecule has 4 N–H and O–H groups in total. The van der Waals surface area contributed by atoms with Crippen molar-refractivity contribution in [2.75, 3.05) is 20.2 Å². The molecular formula is C20H28F4N3O2P. The average Bonchev–Trinajstić information content (AvgIpc) is 3.13. The van der Waals surface area contributed by atoms with E-state index in [9.17, 15) is 17.6 Å². The molecule has 1 aliphatic heterocycles. The molecule has 2 aromatic rings. The van der Waals surface area contributed by atoms with Crippen molar-refractivity contribution in [1.29, 1.82) is 0 Å². The lowest BCUT2D eigenvalue weighted by atomic mass is 9.95. The minimum Gasteiger partial charge on any atom is -0.490 e. The van der Waals surface area contributed by atoms with Crippen molar-refractivity contribution in [3.05, 3.63) is 47.4 Å². The lowest BCUT2D eigenvalue weighted by molar-refractivity contribution is -0.148. The van der Waals surface area contributed by atoms with E-state index in [0.29, 0.717) is 23.5 Å². The molecule has 0 spiro atoms. The molecule has 2 unspecified atom stereocenters. The molecule has 1 aliphatic rings. The molecule has 10 heteroatoms. The van der Waals surface area contributed by atoms with Crippen molar-refractivity contribution in [2.45, 2.75) is 38.8 Å². The summed E-state index contributed by atoms with van der Waals surface area (Å²) in [6.45, 7) is 5.65. The normalized spacial score (nSPS) is 15.1. The van der Waals surface area contributed by atoms with Crippen LogP contribution in [0, 0.1) is 5.82 Å². The molecule has 0 saturated carbocycles. The first kappa shape index (κ1) is 27.9. The zero-order valence-electron chi connectivity index (χ0n) is 17.4. The number of hydrogen-bond acceptors (Lipinski definition) is 5. The lowest BCUT2D eigenvalue weighted by Crippen LogP contribution is -2.29. The second kappa shape index (κ2) is 13.3. The third-order valence-electron chi connectivity index (χ3n) is 4.14. The van der Waals surface area contributed by atoms with Crippen molar-refractivity contribution in [3.63, 3.8) is 0 Å². The van der Waals surface area contributed by atoms with Gasteiger partial charge in [-0.2, -0.15) is 13.2 Å². The molecule has 5 nitrogen and oxygen atoms in total. The number of fused-ring (bicyclic) bond motifs is 1. The third kappa shape index (κ3) is 6.72. The minimum atomic E-state index is -4.49. The fourth-order valence-electron chi connectivity index (χ4n) is 2.79. The van der Waals surface area contributed by atoms with Gasteiger partial charge in [0, 0.05) is 23.6 Å². The number of ether oxygens (including phenoxy) is 1. The Labute approximate surface area is 176 Å². The number of pyridine rings is 1. The van der Waals surface area contributed by atoms with Gasteiger partial charge in [-0.05, 0) is 37.4 Å². The van der Waals surface area contributed by atoms with Gasteiger partial charge in [0.15, 0.2) is 0 Å². The predicted molar refractivity (Wildman–Crippen MR) is 112 cm³/mol. The maximum absolute atomic E-state index is 13.2. The summed E-state index contributed by atoms with van der Waals surface area (Å²) in [6, 6.07) is 6.83. The van der Waals surface area contributed by atoms with Gasteiger partial charge in [-0.15, -0.1) is 0 Å².